The van der Waals surface area contributed by atoms with E-state index in [9.17, 15) is 8.42 Å². The quantitative estimate of drug-likeness (QED) is 0.694. The Hall–Kier alpha value is -2.18. The third-order valence-corrected chi connectivity index (χ3v) is 6.91. The van der Waals surface area contributed by atoms with E-state index in [-0.39, 0.29) is 11.8 Å². The second kappa shape index (κ2) is 6.85. The Kier molecular flexibility index (Phi) is 4.54. The molecule has 1 fully saturated rings. The van der Waals surface area contributed by atoms with Crippen LogP contribution in [0.3, 0.4) is 0 Å². The van der Waals surface area contributed by atoms with Gasteiger partial charge in [0.1, 0.15) is 5.65 Å². The average molecular weight is 369 g/mol. The van der Waals surface area contributed by atoms with Crippen molar-refractivity contribution in [3.05, 3.63) is 60.4 Å². The van der Waals surface area contributed by atoms with Gasteiger partial charge in [0.15, 0.2) is 9.84 Å². The summed E-state index contributed by atoms with van der Waals surface area (Å²) >= 11 is 0. The van der Waals surface area contributed by atoms with Gasteiger partial charge in [0.05, 0.1) is 22.9 Å². The van der Waals surface area contributed by atoms with Crippen LogP contribution < -0.4 is 0 Å². The van der Waals surface area contributed by atoms with Gasteiger partial charge in [-0.15, -0.1) is 0 Å². The number of imidazole rings is 1. The second-order valence-electron chi connectivity index (χ2n) is 6.82. The number of fused-ring (bicyclic) bond motifs is 1. The molecule has 136 valence electrons. The van der Waals surface area contributed by atoms with Gasteiger partial charge in [0.25, 0.3) is 0 Å². The first-order chi connectivity index (χ1) is 12.6. The van der Waals surface area contributed by atoms with Crippen molar-refractivity contribution in [3.63, 3.8) is 0 Å². The molecule has 0 bridgehead atoms. The van der Waals surface area contributed by atoms with Crippen molar-refractivity contribution < 1.29 is 8.42 Å². The minimum Gasteiger partial charge on any atom is -0.302 e. The summed E-state index contributed by atoms with van der Waals surface area (Å²) in [5, 5.41) is 0. The van der Waals surface area contributed by atoms with Crippen molar-refractivity contribution in [1.82, 2.24) is 14.3 Å². The summed E-state index contributed by atoms with van der Waals surface area (Å²) in [4.78, 5) is 7.11. The van der Waals surface area contributed by atoms with Gasteiger partial charge in [0.2, 0.25) is 0 Å². The zero-order chi connectivity index (χ0) is 18.1. The van der Waals surface area contributed by atoms with Crippen LogP contribution in [0.4, 0.5) is 0 Å². The van der Waals surface area contributed by atoms with Gasteiger partial charge in [-0.1, -0.05) is 43.3 Å². The molecule has 0 unspecified atom stereocenters. The summed E-state index contributed by atoms with van der Waals surface area (Å²) in [7, 11) is -2.90. The monoisotopic (exact) mass is 369 g/mol. The number of hydrogen-bond acceptors (Lipinski definition) is 4. The van der Waals surface area contributed by atoms with E-state index in [2.05, 4.69) is 28.4 Å². The Labute approximate surface area is 154 Å². The van der Waals surface area contributed by atoms with E-state index in [4.69, 9.17) is 4.98 Å². The minimum atomic E-state index is -2.90. The van der Waals surface area contributed by atoms with E-state index in [0.717, 1.165) is 29.1 Å². The highest BCUT2D eigenvalue weighted by Gasteiger charge is 2.32. The van der Waals surface area contributed by atoms with E-state index in [1.54, 1.807) is 0 Å². The lowest BCUT2D eigenvalue weighted by molar-refractivity contribution is 0.212. The van der Waals surface area contributed by atoms with Crippen molar-refractivity contribution in [3.8, 4) is 11.3 Å². The second-order valence-corrected chi connectivity index (χ2v) is 9.05. The molecule has 0 radical (unpaired) electrons. The lowest BCUT2D eigenvalue weighted by Gasteiger charge is -2.26. The van der Waals surface area contributed by atoms with Gasteiger partial charge < -0.3 is 4.40 Å². The minimum absolute atomic E-state index is 0.0860. The number of pyridine rings is 1. The third kappa shape index (κ3) is 3.27. The number of hydrogen-bond donors (Lipinski definition) is 0. The Morgan fingerprint density at radius 3 is 2.62 bits per heavy atom. The summed E-state index contributed by atoms with van der Waals surface area (Å²) in [5.41, 5.74) is 4.08. The van der Waals surface area contributed by atoms with Crippen LogP contribution in [0, 0.1) is 0 Å². The van der Waals surface area contributed by atoms with E-state index in [1.165, 1.54) is 0 Å². The van der Waals surface area contributed by atoms with Crippen molar-refractivity contribution in [2.75, 3.05) is 18.1 Å². The molecule has 1 aliphatic heterocycles. The molecule has 1 saturated heterocycles. The van der Waals surface area contributed by atoms with Crippen molar-refractivity contribution in [2.24, 2.45) is 0 Å². The lowest BCUT2D eigenvalue weighted by atomic mass is 10.1. The van der Waals surface area contributed by atoms with Crippen LogP contribution >= 0.6 is 0 Å². The maximum absolute atomic E-state index is 11.9. The van der Waals surface area contributed by atoms with Gasteiger partial charge in [-0.3, -0.25) is 4.90 Å². The predicted molar refractivity (Wildman–Crippen MR) is 104 cm³/mol. The molecule has 3 aromatic rings. The Morgan fingerprint density at radius 1 is 1.15 bits per heavy atom. The first-order valence-electron chi connectivity index (χ1n) is 9.03. The van der Waals surface area contributed by atoms with Crippen molar-refractivity contribution in [2.45, 2.75) is 25.9 Å². The molecule has 26 heavy (non-hydrogen) atoms. The summed E-state index contributed by atoms with van der Waals surface area (Å²) in [6, 6.07) is 16.3. The van der Waals surface area contributed by atoms with Gasteiger partial charge in [-0.25, -0.2) is 13.4 Å². The zero-order valence-corrected chi connectivity index (χ0v) is 15.7. The van der Waals surface area contributed by atoms with E-state index >= 15 is 0 Å². The van der Waals surface area contributed by atoms with Crippen LogP contribution in [0.25, 0.3) is 16.9 Å². The van der Waals surface area contributed by atoms with Crippen LogP contribution in [0.1, 0.15) is 19.0 Å². The molecule has 4 rings (SSSR count). The maximum atomic E-state index is 11.9. The van der Waals surface area contributed by atoms with Crippen LogP contribution in [-0.2, 0) is 16.4 Å². The number of aromatic nitrogens is 2. The standard InChI is InChI=1S/C20H23N3O2S/c1-2-22(17-11-13-26(24,25)15-17)14-18-20(16-8-4-3-5-9-16)21-19-10-6-7-12-23(18)19/h3-10,12,17H,2,11,13-15H2,1H3/t17-/m1/s1. The molecule has 2 aromatic heterocycles. The lowest BCUT2D eigenvalue weighted by Crippen LogP contribution is -2.36. The molecular weight excluding hydrogens is 346 g/mol. The Morgan fingerprint density at radius 2 is 1.92 bits per heavy atom. The molecule has 6 heteroatoms. The number of benzene rings is 1. The number of sulfone groups is 1. The summed E-state index contributed by atoms with van der Waals surface area (Å²) in [6.07, 6.45) is 2.75. The summed E-state index contributed by atoms with van der Waals surface area (Å²) < 4.78 is 26.0. The van der Waals surface area contributed by atoms with Crippen LogP contribution in [0.5, 0.6) is 0 Å². The predicted octanol–water partition coefficient (Wildman–Crippen LogP) is 3.01. The first kappa shape index (κ1) is 17.2. The molecule has 5 nitrogen and oxygen atoms in total. The Balaban J connectivity index is 1.75. The molecular formula is C20H23N3O2S. The fraction of sp³-hybridized carbons (Fsp3) is 0.350. The first-order valence-corrected chi connectivity index (χ1v) is 10.9. The summed E-state index contributed by atoms with van der Waals surface area (Å²) in [6.45, 7) is 3.59. The van der Waals surface area contributed by atoms with Gasteiger partial charge >= 0.3 is 0 Å². The fourth-order valence-corrected chi connectivity index (χ4v) is 5.54. The topological polar surface area (TPSA) is 54.7 Å². The number of nitrogens with zero attached hydrogens (tertiary/aromatic N) is 3. The van der Waals surface area contributed by atoms with Crippen molar-refractivity contribution >= 4 is 15.5 Å². The molecule has 0 spiro atoms. The SMILES string of the molecule is CCN(Cc1c(-c2ccccc2)nc2ccccn12)[C@@H]1CCS(=O)(=O)C1. The molecule has 0 saturated carbocycles. The van der Waals surface area contributed by atoms with Gasteiger partial charge in [-0.05, 0) is 25.1 Å². The molecule has 1 aliphatic rings. The normalized spacial score (nSPS) is 19.4. The Bertz CT molecular complexity index is 1010. The average Bonchev–Trinajstić information content (AvgIpc) is 3.20. The van der Waals surface area contributed by atoms with Crippen LogP contribution in [0.2, 0.25) is 0 Å². The van der Waals surface area contributed by atoms with Gasteiger partial charge in [-0.2, -0.15) is 0 Å². The molecule has 1 aromatic carbocycles. The highest BCUT2D eigenvalue weighted by atomic mass is 32.2. The highest BCUT2D eigenvalue weighted by molar-refractivity contribution is 7.91. The summed E-state index contributed by atoms with van der Waals surface area (Å²) in [5.74, 6) is 0.561. The van der Waals surface area contributed by atoms with Gasteiger partial charge in [0, 0.05) is 24.3 Å². The number of rotatable bonds is 5. The molecule has 0 aliphatic carbocycles. The van der Waals surface area contributed by atoms with Crippen LogP contribution in [-0.4, -0.2) is 46.8 Å². The fourth-order valence-electron chi connectivity index (χ4n) is 3.78. The molecule has 0 N–H and O–H groups in total. The van der Waals surface area contributed by atoms with E-state index < -0.39 is 9.84 Å². The largest absolute Gasteiger partial charge is 0.302 e. The van der Waals surface area contributed by atoms with Crippen LogP contribution in [0.15, 0.2) is 54.7 Å². The molecule has 3 heterocycles. The van der Waals surface area contributed by atoms with E-state index in [0.29, 0.717) is 18.7 Å². The third-order valence-electron chi connectivity index (χ3n) is 5.16. The zero-order valence-electron chi connectivity index (χ0n) is 14.9. The molecule has 1 atom stereocenters. The highest BCUT2D eigenvalue weighted by Crippen LogP contribution is 2.27. The van der Waals surface area contributed by atoms with E-state index in [1.807, 2.05) is 42.6 Å². The van der Waals surface area contributed by atoms with Crippen molar-refractivity contribution in [1.29, 1.82) is 0 Å². The molecule has 0 amide bonds. The maximum Gasteiger partial charge on any atom is 0.151 e. The smallest absolute Gasteiger partial charge is 0.151 e.